The van der Waals surface area contributed by atoms with E-state index in [9.17, 15) is 21.6 Å². The summed E-state index contributed by atoms with van der Waals surface area (Å²) in [5.41, 5.74) is 1.44. The van der Waals surface area contributed by atoms with Gasteiger partial charge in [0, 0.05) is 11.2 Å². The summed E-state index contributed by atoms with van der Waals surface area (Å²) in [6.07, 6.45) is -3.70. The number of sulfonamides is 1. The topological polar surface area (TPSA) is 49.9 Å². The first-order chi connectivity index (χ1) is 15.1. The average Bonchev–Trinajstić information content (AvgIpc) is 3.01. The van der Waals surface area contributed by atoms with Crippen LogP contribution in [0.2, 0.25) is 0 Å². The van der Waals surface area contributed by atoms with Crippen molar-refractivity contribution in [2.45, 2.75) is 26.3 Å². The highest BCUT2D eigenvalue weighted by Gasteiger charge is 2.31. The number of thiophene rings is 1. The molecule has 10 heteroatoms. The molecule has 1 aliphatic heterocycles. The fourth-order valence-electron chi connectivity index (χ4n) is 3.62. The number of anilines is 1. The third-order valence-electron chi connectivity index (χ3n) is 5.48. The normalized spacial score (nSPS) is 15.0. The van der Waals surface area contributed by atoms with Crippen molar-refractivity contribution in [3.8, 4) is 5.75 Å². The Balaban J connectivity index is 1.64. The third-order valence-corrected chi connectivity index (χ3v) is 8.57. The lowest BCUT2D eigenvalue weighted by molar-refractivity contribution is -0.274. The van der Waals surface area contributed by atoms with Crippen LogP contribution < -0.4 is 9.04 Å². The van der Waals surface area contributed by atoms with Gasteiger partial charge in [-0.15, -0.1) is 24.5 Å². The van der Waals surface area contributed by atoms with Gasteiger partial charge in [0.2, 0.25) is 10.0 Å². The molecule has 0 radical (unpaired) electrons. The largest absolute Gasteiger partial charge is 0.573 e. The van der Waals surface area contributed by atoms with E-state index >= 15 is 0 Å². The highest BCUT2D eigenvalue weighted by Crippen LogP contribution is 2.39. The number of rotatable bonds is 8. The molecule has 0 bridgehead atoms. The second-order valence-corrected chi connectivity index (χ2v) is 10.8. The maximum atomic E-state index is 13.4. The van der Waals surface area contributed by atoms with E-state index < -0.39 is 16.4 Å². The predicted molar refractivity (Wildman–Crippen MR) is 121 cm³/mol. The van der Waals surface area contributed by atoms with Crippen molar-refractivity contribution < 1.29 is 26.3 Å². The molecule has 172 valence electrons. The Kier molecular flexibility index (Phi) is 6.37. The number of fused-ring (bicyclic) bond motifs is 1. The minimum absolute atomic E-state index is 0.0179. The Bertz CT molecular complexity index is 1190. The minimum atomic E-state index is -4.78. The van der Waals surface area contributed by atoms with E-state index in [2.05, 4.69) is 9.64 Å². The van der Waals surface area contributed by atoms with Gasteiger partial charge >= 0.3 is 6.36 Å². The van der Waals surface area contributed by atoms with E-state index in [0.717, 1.165) is 35.2 Å². The van der Waals surface area contributed by atoms with Crippen LogP contribution in [0.4, 0.5) is 18.2 Å². The Morgan fingerprint density at radius 2 is 1.78 bits per heavy atom. The molecule has 1 fully saturated rings. The van der Waals surface area contributed by atoms with Crippen LogP contribution in [0.15, 0.2) is 48.5 Å². The molecule has 0 aliphatic carbocycles. The molecule has 1 aromatic heterocycles. The highest BCUT2D eigenvalue weighted by atomic mass is 32.2. The van der Waals surface area contributed by atoms with E-state index in [1.807, 2.05) is 31.2 Å². The summed E-state index contributed by atoms with van der Waals surface area (Å²) in [5.74, 6) is -0.359. The zero-order valence-corrected chi connectivity index (χ0v) is 19.1. The predicted octanol–water partition coefficient (Wildman–Crippen LogP) is 5.15. The van der Waals surface area contributed by atoms with Crippen LogP contribution in [0.5, 0.6) is 5.75 Å². The first kappa shape index (κ1) is 22.9. The first-order valence-corrected chi connectivity index (χ1v) is 12.6. The molecule has 0 unspecified atom stereocenters. The Labute approximate surface area is 189 Å². The van der Waals surface area contributed by atoms with E-state index in [-0.39, 0.29) is 18.0 Å². The van der Waals surface area contributed by atoms with Gasteiger partial charge in [-0.25, -0.2) is 8.42 Å². The summed E-state index contributed by atoms with van der Waals surface area (Å²) in [7, 11) is -3.66. The van der Waals surface area contributed by atoms with Crippen molar-refractivity contribution >= 4 is 36.4 Å². The van der Waals surface area contributed by atoms with E-state index in [4.69, 9.17) is 0 Å². The summed E-state index contributed by atoms with van der Waals surface area (Å²) < 4.78 is 70.4. The molecule has 4 rings (SSSR count). The smallest absolute Gasteiger partial charge is 0.406 e. The SMILES string of the molecule is Cc1c(N(Cc2ccc(OC(F)(F)F)cc2)S(=O)(=O)CCN2CCC2)sc2ccccc12. The number of ether oxygens (including phenoxy) is 1. The van der Waals surface area contributed by atoms with Crippen molar-refractivity contribution in [2.24, 2.45) is 0 Å². The zero-order chi connectivity index (χ0) is 22.9. The molecule has 0 amide bonds. The standard InChI is InChI=1S/C22H23F3N2O3S2/c1-16-19-5-2-3-6-20(19)31-21(16)27(32(28,29)14-13-26-11-4-12-26)15-17-7-9-18(10-8-17)30-22(23,24)25/h2-3,5-10H,4,11-15H2,1H3. The fourth-order valence-corrected chi connectivity index (χ4v) is 6.63. The van der Waals surface area contributed by atoms with Gasteiger partial charge < -0.3 is 9.64 Å². The lowest BCUT2D eigenvalue weighted by atomic mass is 10.2. The maximum absolute atomic E-state index is 13.4. The molecule has 3 aromatic rings. The number of hydrogen-bond donors (Lipinski definition) is 0. The highest BCUT2D eigenvalue weighted by molar-refractivity contribution is 7.93. The molecule has 0 N–H and O–H groups in total. The second-order valence-electron chi connectivity index (χ2n) is 7.74. The molecule has 1 saturated heterocycles. The number of benzene rings is 2. The molecule has 0 atom stereocenters. The summed E-state index contributed by atoms with van der Waals surface area (Å²) in [6, 6.07) is 13.0. The lowest BCUT2D eigenvalue weighted by Gasteiger charge is -2.32. The minimum Gasteiger partial charge on any atom is -0.406 e. The monoisotopic (exact) mass is 484 g/mol. The Morgan fingerprint density at radius 1 is 1.09 bits per heavy atom. The third kappa shape index (κ3) is 5.19. The van der Waals surface area contributed by atoms with Gasteiger partial charge in [-0.3, -0.25) is 4.31 Å². The molecule has 2 heterocycles. The number of halogens is 3. The van der Waals surface area contributed by atoms with E-state index in [1.54, 1.807) is 0 Å². The van der Waals surface area contributed by atoms with Crippen molar-refractivity contribution in [1.29, 1.82) is 0 Å². The molecule has 5 nitrogen and oxygen atoms in total. The number of aryl methyl sites for hydroxylation is 1. The molecule has 1 aliphatic rings. The van der Waals surface area contributed by atoms with Crippen LogP contribution in [-0.2, 0) is 16.6 Å². The summed E-state index contributed by atoms with van der Waals surface area (Å²) in [4.78, 5) is 2.09. The summed E-state index contributed by atoms with van der Waals surface area (Å²) >= 11 is 1.40. The van der Waals surface area contributed by atoms with Crippen LogP contribution >= 0.6 is 11.3 Å². The first-order valence-electron chi connectivity index (χ1n) is 10.2. The number of likely N-dealkylation sites (tertiary alicyclic amines) is 1. The molecule has 32 heavy (non-hydrogen) atoms. The molecular weight excluding hydrogens is 461 g/mol. The lowest BCUT2D eigenvalue weighted by Crippen LogP contribution is -2.43. The van der Waals surface area contributed by atoms with Gasteiger partial charge in [0.05, 0.1) is 12.3 Å². The van der Waals surface area contributed by atoms with Gasteiger partial charge in [-0.2, -0.15) is 0 Å². The summed E-state index contributed by atoms with van der Waals surface area (Å²) in [6.45, 7) is 4.19. The Morgan fingerprint density at radius 3 is 2.38 bits per heavy atom. The fraction of sp³-hybridized carbons (Fsp3) is 0.364. The van der Waals surface area contributed by atoms with Crippen LogP contribution in [0, 0.1) is 6.92 Å². The van der Waals surface area contributed by atoms with Gasteiger partial charge in [-0.05, 0) is 61.1 Å². The molecular formula is C22H23F3N2O3S2. The van der Waals surface area contributed by atoms with Crippen molar-refractivity contribution in [3.63, 3.8) is 0 Å². The maximum Gasteiger partial charge on any atom is 0.573 e. The second kappa shape index (κ2) is 8.92. The average molecular weight is 485 g/mol. The summed E-state index contributed by atoms with van der Waals surface area (Å²) in [5, 5.41) is 1.62. The van der Waals surface area contributed by atoms with Crippen LogP contribution in [0.1, 0.15) is 17.5 Å². The van der Waals surface area contributed by atoms with Gasteiger partial charge in [0.15, 0.2) is 0 Å². The van der Waals surface area contributed by atoms with Crippen LogP contribution in [0.25, 0.3) is 10.1 Å². The Hall–Kier alpha value is -2.30. The van der Waals surface area contributed by atoms with Crippen LogP contribution in [0.3, 0.4) is 0 Å². The van der Waals surface area contributed by atoms with E-state index in [0.29, 0.717) is 17.1 Å². The zero-order valence-electron chi connectivity index (χ0n) is 17.4. The van der Waals surface area contributed by atoms with Crippen molar-refractivity contribution in [2.75, 3.05) is 29.7 Å². The van der Waals surface area contributed by atoms with Gasteiger partial charge in [0.1, 0.15) is 10.8 Å². The quantitative estimate of drug-likeness (QED) is 0.444. The number of hydrogen-bond acceptors (Lipinski definition) is 5. The van der Waals surface area contributed by atoms with Crippen molar-refractivity contribution in [3.05, 3.63) is 59.7 Å². The van der Waals surface area contributed by atoms with Gasteiger partial charge in [-0.1, -0.05) is 30.3 Å². The number of nitrogens with zero attached hydrogens (tertiary/aromatic N) is 2. The van der Waals surface area contributed by atoms with Gasteiger partial charge in [0.25, 0.3) is 0 Å². The van der Waals surface area contributed by atoms with Crippen LogP contribution in [-0.4, -0.2) is 45.1 Å². The van der Waals surface area contributed by atoms with Crippen molar-refractivity contribution in [1.82, 2.24) is 4.90 Å². The number of alkyl halides is 3. The molecule has 2 aromatic carbocycles. The van der Waals surface area contributed by atoms with E-state index in [1.165, 1.54) is 39.9 Å². The molecule has 0 spiro atoms. The molecule has 0 saturated carbocycles.